The van der Waals surface area contributed by atoms with Crippen LogP contribution in [-0.4, -0.2) is 37.9 Å². The number of esters is 1. The maximum absolute atomic E-state index is 12.7. The third-order valence-corrected chi connectivity index (χ3v) is 6.05. The second kappa shape index (κ2) is 8.34. The summed E-state index contributed by atoms with van der Waals surface area (Å²) < 4.78 is 82.1. The van der Waals surface area contributed by atoms with Gasteiger partial charge in [-0.3, -0.25) is 0 Å². The molecule has 2 aromatic carbocycles. The van der Waals surface area contributed by atoms with E-state index >= 15 is 0 Å². The van der Waals surface area contributed by atoms with E-state index in [9.17, 15) is 26.4 Å². The van der Waals surface area contributed by atoms with E-state index in [2.05, 4.69) is 4.18 Å². The van der Waals surface area contributed by atoms with Gasteiger partial charge in [0.05, 0.1) is 13.2 Å². The van der Waals surface area contributed by atoms with E-state index in [0.717, 1.165) is 12.1 Å². The molecule has 0 saturated carbocycles. The molecule has 1 aliphatic heterocycles. The summed E-state index contributed by atoms with van der Waals surface area (Å²) in [5.41, 5.74) is -4.52. The van der Waals surface area contributed by atoms with Crippen LogP contribution in [0.5, 0.6) is 17.2 Å². The molecule has 3 aromatic rings. The molecule has 0 saturated heterocycles. The van der Waals surface area contributed by atoms with Crippen LogP contribution in [0.3, 0.4) is 0 Å². The second-order valence-electron chi connectivity index (χ2n) is 6.84. The Labute approximate surface area is 190 Å². The zero-order valence-corrected chi connectivity index (χ0v) is 18.4. The van der Waals surface area contributed by atoms with E-state index < -0.39 is 27.3 Å². The van der Waals surface area contributed by atoms with Crippen LogP contribution in [0.25, 0.3) is 10.9 Å². The van der Waals surface area contributed by atoms with Gasteiger partial charge in [-0.1, -0.05) is 11.6 Å². The Morgan fingerprint density at radius 2 is 1.85 bits per heavy atom. The lowest BCUT2D eigenvalue weighted by molar-refractivity contribution is -0.0500. The summed E-state index contributed by atoms with van der Waals surface area (Å²) in [5, 5.41) is 0.594. The first-order valence-electron chi connectivity index (χ1n) is 9.39. The van der Waals surface area contributed by atoms with Crippen LogP contribution < -0.4 is 13.7 Å². The molecule has 1 aromatic heterocycles. The molecule has 0 radical (unpaired) electrons. The molecule has 0 atom stereocenters. The van der Waals surface area contributed by atoms with Gasteiger partial charge < -0.3 is 23.0 Å². The SMILES string of the molecule is CCOC(=O)c1cc2cc(OS(=O)(=O)C(F)(F)F)ccc2n1Cc1cc2c(cc1Cl)OCO2. The van der Waals surface area contributed by atoms with Gasteiger partial charge in [-0.05, 0) is 42.8 Å². The standard InChI is InChI=1S/C20H15ClF3NO7S/c1-2-29-19(26)16-6-11-5-13(32-33(27,28)20(22,23)24)3-4-15(11)25(16)9-12-7-17-18(8-14(12)21)31-10-30-17/h3-8H,2,9-10H2,1H3. The average Bonchev–Trinajstić information content (AvgIpc) is 3.31. The first-order chi connectivity index (χ1) is 15.5. The summed E-state index contributed by atoms with van der Waals surface area (Å²) in [6, 6.07) is 8.06. The van der Waals surface area contributed by atoms with Gasteiger partial charge in [0.1, 0.15) is 11.4 Å². The molecule has 1 aliphatic rings. The maximum Gasteiger partial charge on any atom is 0.534 e. The van der Waals surface area contributed by atoms with Crippen molar-refractivity contribution in [3.63, 3.8) is 0 Å². The number of carbonyl (C=O) groups excluding carboxylic acids is 1. The third kappa shape index (κ3) is 4.40. The van der Waals surface area contributed by atoms with E-state index in [1.165, 1.54) is 12.1 Å². The third-order valence-electron chi connectivity index (χ3n) is 4.72. The highest BCUT2D eigenvalue weighted by Gasteiger charge is 2.48. The molecular formula is C20H15ClF3NO7S. The van der Waals surface area contributed by atoms with Crippen molar-refractivity contribution < 1.29 is 44.8 Å². The molecule has 4 rings (SSSR count). The number of carbonyl (C=O) groups is 1. The number of fused-ring (bicyclic) bond motifs is 2. The average molecular weight is 506 g/mol. The van der Waals surface area contributed by atoms with Crippen LogP contribution >= 0.6 is 11.6 Å². The monoisotopic (exact) mass is 505 g/mol. The van der Waals surface area contributed by atoms with Crippen LogP contribution in [0.4, 0.5) is 13.2 Å². The van der Waals surface area contributed by atoms with Gasteiger partial charge in [-0.25, -0.2) is 4.79 Å². The highest BCUT2D eigenvalue weighted by atomic mass is 35.5. The van der Waals surface area contributed by atoms with Gasteiger partial charge in [0.25, 0.3) is 0 Å². The molecule has 0 aliphatic carbocycles. The number of hydrogen-bond acceptors (Lipinski definition) is 7. The van der Waals surface area contributed by atoms with E-state index in [-0.39, 0.29) is 31.0 Å². The van der Waals surface area contributed by atoms with Crippen LogP contribution in [0.2, 0.25) is 5.02 Å². The zero-order chi connectivity index (χ0) is 24.0. The van der Waals surface area contributed by atoms with Crippen LogP contribution in [-0.2, 0) is 21.4 Å². The van der Waals surface area contributed by atoms with Crippen LogP contribution in [0.1, 0.15) is 23.0 Å². The molecular weight excluding hydrogens is 491 g/mol. The van der Waals surface area contributed by atoms with Gasteiger partial charge in [0.2, 0.25) is 6.79 Å². The van der Waals surface area contributed by atoms with E-state index in [4.69, 9.17) is 25.8 Å². The summed E-state index contributed by atoms with van der Waals surface area (Å²) in [6.07, 6.45) is 0. The topological polar surface area (TPSA) is 93.1 Å². The van der Waals surface area contributed by atoms with Crippen molar-refractivity contribution in [3.8, 4) is 17.2 Å². The molecule has 0 unspecified atom stereocenters. The molecule has 0 fully saturated rings. The molecule has 0 bridgehead atoms. The Kier molecular flexibility index (Phi) is 5.83. The summed E-state index contributed by atoms with van der Waals surface area (Å²) in [7, 11) is -5.85. The Morgan fingerprint density at radius 3 is 2.52 bits per heavy atom. The normalized spacial score (nSPS) is 13.4. The van der Waals surface area contributed by atoms with E-state index in [1.54, 1.807) is 23.6 Å². The number of rotatable bonds is 6. The minimum absolute atomic E-state index is 0.0409. The molecule has 2 heterocycles. The van der Waals surface area contributed by atoms with Gasteiger partial charge in [-0.2, -0.15) is 21.6 Å². The minimum atomic E-state index is -5.85. The number of benzene rings is 2. The number of alkyl halides is 3. The fraction of sp³-hybridized carbons (Fsp3) is 0.250. The van der Waals surface area contributed by atoms with Crippen molar-refractivity contribution in [2.24, 2.45) is 0 Å². The number of ether oxygens (including phenoxy) is 3. The quantitative estimate of drug-likeness (QED) is 0.277. The van der Waals surface area contributed by atoms with E-state index in [1.807, 2.05) is 0 Å². The lowest BCUT2D eigenvalue weighted by Crippen LogP contribution is -2.28. The van der Waals surface area contributed by atoms with Gasteiger partial charge >= 0.3 is 21.6 Å². The fourth-order valence-electron chi connectivity index (χ4n) is 3.27. The maximum atomic E-state index is 12.7. The number of hydrogen-bond donors (Lipinski definition) is 0. The van der Waals surface area contributed by atoms with E-state index in [0.29, 0.717) is 27.6 Å². The summed E-state index contributed by atoms with van der Waals surface area (Å²) in [4.78, 5) is 12.5. The van der Waals surface area contributed by atoms with Crippen molar-refractivity contribution in [3.05, 3.63) is 52.7 Å². The Hall–Kier alpha value is -3.12. The highest BCUT2D eigenvalue weighted by Crippen LogP contribution is 2.38. The minimum Gasteiger partial charge on any atom is -0.461 e. The highest BCUT2D eigenvalue weighted by molar-refractivity contribution is 7.88. The largest absolute Gasteiger partial charge is 0.534 e. The summed E-state index contributed by atoms with van der Waals surface area (Å²) in [5.74, 6) is -0.305. The number of halogens is 4. The van der Waals surface area contributed by atoms with Gasteiger partial charge in [-0.15, -0.1) is 0 Å². The molecule has 8 nitrogen and oxygen atoms in total. The smallest absolute Gasteiger partial charge is 0.461 e. The predicted octanol–water partition coefficient (Wildman–Crippen LogP) is 4.48. The van der Waals surface area contributed by atoms with Crippen molar-refractivity contribution in [2.75, 3.05) is 13.4 Å². The fourth-order valence-corrected chi connectivity index (χ4v) is 3.93. The first-order valence-corrected chi connectivity index (χ1v) is 11.2. The van der Waals surface area contributed by atoms with Crippen LogP contribution in [0.15, 0.2) is 36.4 Å². The molecule has 0 amide bonds. The Morgan fingerprint density at radius 1 is 1.15 bits per heavy atom. The zero-order valence-electron chi connectivity index (χ0n) is 16.8. The molecule has 0 spiro atoms. The predicted molar refractivity (Wildman–Crippen MR) is 110 cm³/mol. The number of aromatic nitrogens is 1. The lowest BCUT2D eigenvalue weighted by Gasteiger charge is -2.13. The summed E-state index contributed by atoms with van der Waals surface area (Å²) >= 11 is 6.35. The lowest BCUT2D eigenvalue weighted by atomic mass is 10.2. The summed E-state index contributed by atoms with van der Waals surface area (Å²) in [6.45, 7) is 1.82. The molecule has 33 heavy (non-hydrogen) atoms. The molecule has 176 valence electrons. The van der Waals surface area contributed by atoms with Crippen molar-refractivity contribution in [1.29, 1.82) is 0 Å². The molecule has 0 N–H and O–H groups in total. The van der Waals surface area contributed by atoms with Crippen molar-refractivity contribution in [1.82, 2.24) is 4.57 Å². The van der Waals surface area contributed by atoms with Crippen molar-refractivity contribution >= 4 is 38.6 Å². The first kappa shape index (κ1) is 23.1. The van der Waals surface area contributed by atoms with Gasteiger partial charge in [0.15, 0.2) is 11.5 Å². The van der Waals surface area contributed by atoms with Crippen LogP contribution in [0, 0.1) is 0 Å². The van der Waals surface area contributed by atoms with Gasteiger partial charge in [0, 0.05) is 22.0 Å². The number of nitrogens with zero attached hydrogens (tertiary/aromatic N) is 1. The molecule has 13 heteroatoms. The Bertz CT molecular complexity index is 1350. The second-order valence-corrected chi connectivity index (χ2v) is 8.78. The Balaban J connectivity index is 1.78. The van der Waals surface area contributed by atoms with Crippen molar-refractivity contribution in [2.45, 2.75) is 19.0 Å².